The molecule has 0 amide bonds. The number of benzene rings is 1. The van der Waals surface area contributed by atoms with E-state index in [0.717, 1.165) is 24.9 Å². The minimum absolute atomic E-state index is 0.141. The molecule has 0 aromatic heterocycles. The maximum Gasteiger partial charge on any atom is 0.193 e. The molecule has 0 spiro atoms. The van der Waals surface area contributed by atoms with E-state index in [1.54, 1.807) is 0 Å². The molecule has 0 heterocycles. The van der Waals surface area contributed by atoms with Crippen LogP contribution < -0.4 is 11.1 Å². The summed E-state index contributed by atoms with van der Waals surface area (Å²) in [6.07, 6.45) is 2.77. The lowest BCUT2D eigenvalue weighted by Gasteiger charge is -2.27. The van der Waals surface area contributed by atoms with Gasteiger partial charge < -0.3 is 16.2 Å². The summed E-state index contributed by atoms with van der Waals surface area (Å²) in [5, 5.41) is 12.6. The average Bonchev–Trinajstić information content (AvgIpc) is 2.49. The standard InChI is InChI=1S/C16H27N3O/c1-4-13-8-7-9-14(10-13)19-15(17)18-11-16(5-2,6-3)12-20/h7-10,20H,4-6,11-12H2,1-3H3,(H3,17,18,19). The molecule has 1 aromatic carbocycles. The van der Waals surface area contributed by atoms with Gasteiger partial charge in [0.1, 0.15) is 0 Å². The minimum atomic E-state index is -0.155. The highest BCUT2D eigenvalue weighted by Gasteiger charge is 2.24. The van der Waals surface area contributed by atoms with Crippen LogP contribution in [-0.4, -0.2) is 24.2 Å². The Morgan fingerprint density at radius 2 is 2.00 bits per heavy atom. The first kappa shape index (κ1) is 16.5. The zero-order valence-corrected chi connectivity index (χ0v) is 12.8. The number of nitrogens with two attached hydrogens (primary N) is 1. The number of nitrogens with zero attached hydrogens (tertiary/aromatic N) is 1. The quantitative estimate of drug-likeness (QED) is 0.530. The second-order valence-electron chi connectivity index (χ2n) is 5.25. The number of anilines is 1. The first-order valence-corrected chi connectivity index (χ1v) is 7.36. The van der Waals surface area contributed by atoms with Crippen molar-refractivity contribution in [3.05, 3.63) is 29.8 Å². The molecular formula is C16H27N3O. The number of aliphatic hydroxyl groups is 1. The highest BCUT2D eigenvalue weighted by atomic mass is 16.3. The fraction of sp³-hybridized carbons (Fsp3) is 0.562. The Morgan fingerprint density at radius 1 is 1.30 bits per heavy atom. The Labute approximate surface area is 122 Å². The molecule has 0 aliphatic rings. The van der Waals surface area contributed by atoms with Crippen LogP contribution in [0.2, 0.25) is 0 Å². The molecule has 112 valence electrons. The van der Waals surface area contributed by atoms with E-state index < -0.39 is 0 Å². The molecule has 0 aliphatic heterocycles. The molecule has 4 heteroatoms. The number of nitrogens with one attached hydrogen (secondary N) is 1. The van der Waals surface area contributed by atoms with Crippen molar-refractivity contribution in [1.82, 2.24) is 0 Å². The third-order valence-electron chi connectivity index (χ3n) is 4.03. The smallest absolute Gasteiger partial charge is 0.193 e. The summed E-state index contributed by atoms with van der Waals surface area (Å²) < 4.78 is 0. The molecule has 20 heavy (non-hydrogen) atoms. The van der Waals surface area contributed by atoms with E-state index in [0.29, 0.717) is 12.5 Å². The lowest BCUT2D eigenvalue weighted by Crippen LogP contribution is -2.30. The van der Waals surface area contributed by atoms with Gasteiger partial charge in [-0.25, -0.2) is 0 Å². The third-order valence-corrected chi connectivity index (χ3v) is 4.03. The number of hydrogen-bond donors (Lipinski definition) is 3. The second kappa shape index (κ2) is 7.90. The van der Waals surface area contributed by atoms with Gasteiger partial charge in [-0.1, -0.05) is 32.9 Å². The first-order chi connectivity index (χ1) is 9.59. The molecule has 1 aromatic rings. The summed E-state index contributed by atoms with van der Waals surface area (Å²) >= 11 is 0. The van der Waals surface area contributed by atoms with Crippen LogP contribution in [0.1, 0.15) is 39.2 Å². The summed E-state index contributed by atoms with van der Waals surface area (Å²) in [5.74, 6) is 0.401. The second-order valence-corrected chi connectivity index (χ2v) is 5.25. The van der Waals surface area contributed by atoms with Gasteiger partial charge in [-0.15, -0.1) is 0 Å². The maximum absolute atomic E-state index is 9.52. The van der Waals surface area contributed by atoms with Crippen LogP contribution in [0.15, 0.2) is 29.3 Å². The Kier molecular flexibility index (Phi) is 6.52. The molecule has 4 nitrogen and oxygen atoms in total. The third kappa shape index (κ3) is 4.53. The molecule has 0 atom stereocenters. The van der Waals surface area contributed by atoms with E-state index in [2.05, 4.69) is 43.2 Å². The van der Waals surface area contributed by atoms with Crippen LogP contribution >= 0.6 is 0 Å². The van der Waals surface area contributed by atoms with Gasteiger partial charge in [-0.3, -0.25) is 4.99 Å². The van der Waals surface area contributed by atoms with Crippen molar-refractivity contribution >= 4 is 11.6 Å². The predicted molar refractivity (Wildman–Crippen MR) is 86.0 cm³/mol. The highest BCUT2D eigenvalue weighted by molar-refractivity contribution is 5.92. The van der Waals surface area contributed by atoms with Crippen molar-refractivity contribution in [2.45, 2.75) is 40.0 Å². The summed E-state index contributed by atoms with van der Waals surface area (Å²) in [7, 11) is 0. The fourth-order valence-corrected chi connectivity index (χ4v) is 2.06. The number of aliphatic hydroxyl groups excluding tert-OH is 1. The van der Waals surface area contributed by atoms with Crippen LogP contribution in [0.3, 0.4) is 0 Å². The normalized spacial score (nSPS) is 12.5. The molecule has 4 N–H and O–H groups in total. The largest absolute Gasteiger partial charge is 0.396 e. The van der Waals surface area contributed by atoms with Crippen molar-refractivity contribution in [2.24, 2.45) is 16.1 Å². The van der Waals surface area contributed by atoms with E-state index >= 15 is 0 Å². The van der Waals surface area contributed by atoms with E-state index in [1.807, 2.05) is 12.1 Å². The fourth-order valence-electron chi connectivity index (χ4n) is 2.06. The van der Waals surface area contributed by atoms with Crippen LogP contribution in [0.5, 0.6) is 0 Å². The van der Waals surface area contributed by atoms with E-state index in [-0.39, 0.29) is 12.0 Å². The van der Waals surface area contributed by atoms with E-state index in [1.165, 1.54) is 5.56 Å². The lowest BCUT2D eigenvalue weighted by molar-refractivity contribution is 0.123. The van der Waals surface area contributed by atoms with Gasteiger partial charge in [-0.2, -0.15) is 0 Å². The van der Waals surface area contributed by atoms with Crippen LogP contribution in [-0.2, 0) is 6.42 Å². The number of hydrogen-bond acceptors (Lipinski definition) is 2. The summed E-state index contributed by atoms with van der Waals surface area (Å²) in [6, 6.07) is 8.13. The van der Waals surface area contributed by atoms with Crippen LogP contribution in [0, 0.1) is 5.41 Å². The van der Waals surface area contributed by atoms with Gasteiger partial charge in [0.05, 0.1) is 13.2 Å². The Balaban J connectivity index is 2.69. The van der Waals surface area contributed by atoms with Gasteiger partial charge in [0.25, 0.3) is 0 Å². The number of guanidine groups is 1. The van der Waals surface area contributed by atoms with Crippen molar-refractivity contribution in [3.63, 3.8) is 0 Å². The van der Waals surface area contributed by atoms with E-state index in [4.69, 9.17) is 5.73 Å². The van der Waals surface area contributed by atoms with Crippen LogP contribution in [0.4, 0.5) is 5.69 Å². The summed E-state index contributed by atoms with van der Waals surface area (Å²) in [5.41, 5.74) is 7.98. The van der Waals surface area contributed by atoms with E-state index in [9.17, 15) is 5.11 Å². The van der Waals surface area contributed by atoms with Crippen molar-refractivity contribution in [2.75, 3.05) is 18.5 Å². The van der Waals surface area contributed by atoms with Crippen molar-refractivity contribution in [3.8, 4) is 0 Å². The molecule has 0 saturated heterocycles. The number of aryl methyl sites for hydroxylation is 1. The molecule has 0 aliphatic carbocycles. The first-order valence-electron chi connectivity index (χ1n) is 7.36. The van der Waals surface area contributed by atoms with Gasteiger partial charge in [-0.05, 0) is 37.0 Å². The SMILES string of the molecule is CCc1cccc(NC(N)=NCC(CC)(CC)CO)c1. The minimum Gasteiger partial charge on any atom is -0.396 e. The van der Waals surface area contributed by atoms with Gasteiger partial charge in [0.15, 0.2) is 5.96 Å². The van der Waals surface area contributed by atoms with Crippen molar-refractivity contribution < 1.29 is 5.11 Å². The molecular weight excluding hydrogens is 250 g/mol. The maximum atomic E-state index is 9.52. The van der Waals surface area contributed by atoms with Gasteiger partial charge in [0, 0.05) is 11.1 Å². The molecule has 0 bridgehead atoms. The zero-order valence-electron chi connectivity index (χ0n) is 12.8. The van der Waals surface area contributed by atoms with Gasteiger partial charge >= 0.3 is 0 Å². The number of rotatable bonds is 7. The van der Waals surface area contributed by atoms with Crippen molar-refractivity contribution in [1.29, 1.82) is 0 Å². The van der Waals surface area contributed by atoms with Crippen LogP contribution in [0.25, 0.3) is 0 Å². The lowest BCUT2D eigenvalue weighted by atomic mass is 9.83. The average molecular weight is 277 g/mol. The molecule has 0 fully saturated rings. The Morgan fingerprint density at radius 3 is 2.55 bits per heavy atom. The molecule has 1 rings (SSSR count). The highest BCUT2D eigenvalue weighted by Crippen LogP contribution is 2.25. The molecule has 0 radical (unpaired) electrons. The summed E-state index contributed by atoms with van der Waals surface area (Å²) in [4.78, 5) is 4.38. The zero-order chi connectivity index (χ0) is 15.0. The summed E-state index contributed by atoms with van der Waals surface area (Å²) in [6.45, 7) is 6.95. The molecule has 0 saturated carbocycles. The Bertz CT molecular complexity index is 431. The Hall–Kier alpha value is -1.55. The van der Waals surface area contributed by atoms with Gasteiger partial charge in [0.2, 0.25) is 0 Å². The number of aliphatic imine (C=N–C) groups is 1. The predicted octanol–water partition coefficient (Wildman–Crippen LogP) is 2.77. The molecule has 0 unspecified atom stereocenters. The topological polar surface area (TPSA) is 70.6 Å². The monoisotopic (exact) mass is 277 g/mol.